The molecule has 0 bridgehead atoms. The molecule has 1 amide bonds. The van der Waals surface area contributed by atoms with Crippen LogP contribution in [0.2, 0.25) is 0 Å². The normalized spacial score (nSPS) is 23.5. The van der Waals surface area contributed by atoms with E-state index < -0.39 is 0 Å². The highest BCUT2D eigenvalue weighted by Crippen LogP contribution is 2.23. The second kappa shape index (κ2) is 5.36. The Balaban J connectivity index is 2.58. The van der Waals surface area contributed by atoms with Crippen molar-refractivity contribution in [2.45, 2.75) is 26.2 Å². The first kappa shape index (κ1) is 10.7. The molecule has 1 rings (SSSR count). The molecule has 0 aromatic carbocycles. The van der Waals surface area contributed by atoms with E-state index in [9.17, 15) is 9.59 Å². The lowest BCUT2D eigenvalue weighted by Gasteiger charge is -2.08. The van der Waals surface area contributed by atoms with Crippen LogP contribution < -0.4 is 5.43 Å². The third-order valence-corrected chi connectivity index (χ3v) is 2.16. The highest BCUT2D eigenvalue weighted by Gasteiger charge is 2.30. The Labute approximate surface area is 82.5 Å². The zero-order valence-electron chi connectivity index (χ0n) is 8.16. The number of carbonyl (C=O) groups excluding carboxylic acids is 2. The molecular formula is C9H14N2O3. The van der Waals surface area contributed by atoms with Crippen LogP contribution in [0, 0.1) is 5.92 Å². The molecule has 1 aliphatic carbocycles. The van der Waals surface area contributed by atoms with Crippen molar-refractivity contribution in [2.75, 3.05) is 6.61 Å². The first-order valence-electron chi connectivity index (χ1n) is 4.71. The second-order valence-corrected chi connectivity index (χ2v) is 3.05. The maximum absolute atomic E-state index is 11.4. The summed E-state index contributed by atoms with van der Waals surface area (Å²) in [4.78, 5) is 21.4. The molecule has 1 fully saturated rings. The molecular weight excluding hydrogens is 184 g/mol. The van der Waals surface area contributed by atoms with Crippen LogP contribution in [0.15, 0.2) is 5.10 Å². The Morgan fingerprint density at radius 1 is 1.79 bits per heavy atom. The predicted molar refractivity (Wildman–Crippen MR) is 50.6 cm³/mol. The standard InChI is InChI=1S/C9H14N2O3/c1-2-14-9(13)7-4-3-5-8(7)11-10-6-12/h6-7H,2-5H2,1H3,(H,10,12). The Morgan fingerprint density at radius 3 is 3.21 bits per heavy atom. The maximum atomic E-state index is 11.4. The molecule has 1 atom stereocenters. The fourth-order valence-electron chi connectivity index (χ4n) is 1.57. The van der Waals surface area contributed by atoms with Crippen LogP contribution in [0.1, 0.15) is 26.2 Å². The maximum Gasteiger partial charge on any atom is 0.314 e. The molecule has 0 spiro atoms. The summed E-state index contributed by atoms with van der Waals surface area (Å²) in [5.74, 6) is -0.501. The number of esters is 1. The molecule has 1 N–H and O–H groups in total. The number of ether oxygens (including phenoxy) is 1. The minimum absolute atomic E-state index is 0.239. The van der Waals surface area contributed by atoms with Crippen LogP contribution >= 0.6 is 0 Å². The smallest absolute Gasteiger partial charge is 0.314 e. The summed E-state index contributed by atoms with van der Waals surface area (Å²) in [6.45, 7) is 2.15. The number of carbonyl (C=O) groups is 2. The fourth-order valence-corrected chi connectivity index (χ4v) is 1.57. The van der Waals surface area contributed by atoms with Crippen LogP contribution in [-0.2, 0) is 14.3 Å². The lowest BCUT2D eigenvalue weighted by atomic mass is 10.1. The number of hydrogen-bond donors (Lipinski definition) is 1. The molecule has 78 valence electrons. The van der Waals surface area contributed by atoms with Gasteiger partial charge in [0.2, 0.25) is 6.41 Å². The number of amides is 1. The van der Waals surface area contributed by atoms with Gasteiger partial charge in [-0.1, -0.05) is 0 Å². The molecule has 0 aliphatic heterocycles. The van der Waals surface area contributed by atoms with Gasteiger partial charge in [-0.05, 0) is 26.2 Å². The van der Waals surface area contributed by atoms with E-state index in [1.165, 1.54) is 0 Å². The Kier molecular flexibility index (Phi) is 4.10. The summed E-state index contributed by atoms with van der Waals surface area (Å²) in [6, 6.07) is 0. The topological polar surface area (TPSA) is 67.8 Å². The van der Waals surface area contributed by atoms with Crippen LogP contribution in [-0.4, -0.2) is 24.7 Å². The molecule has 1 aliphatic rings. The van der Waals surface area contributed by atoms with Crippen LogP contribution in [0.3, 0.4) is 0 Å². The minimum atomic E-state index is -0.262. The molecule has 0 aromatic heterocycles. The number of rotatable bonds is 4. The summed E-state index contributed by atoms with van der Waals surface area (Å²) in [5, 5.41) is 3.82. The largest absolute Gasteiger partial charge is 0.465 e. The Bertz CT molecular complexity index is 250. The van der Waals surface area contributed by atoms with Crippen molar-refractivity contribution in [3.05, 3.63) is 0 Å². The van der Waals surface area contributed by atoms with E-state index in [4.69, 9.17) is 4.74 Å². The highest BCUT2D eigenvalue weighted by atomic mass is 16.5. The van der Waals surface area contributed by atoms with Crippen molar-refractivity contribution in [1.29, 1.82) is 0 Å². The van der Waals surface area contributed by atoms with Gasteiger partial charge in [0.05, 0.1) is 18.2 Å². The third kappa shape index (κ3) is 2.55. The second-order valence-electron chi connectivity index (χ2n) is 3.05. The summed E-state index contributed by atoms with van der Waals surface area (Å²) in [6.07, 6.45) is 2.93. The quantitative estimate of drug-likeness (QED) is 0.405. The zero-order valence-corrected chi connectivity index (χ0v) is 8.16. The van der Waals surface area contributed by atoms with Gasteiger partial charge in [-0.25, -0.2) is 5.43 Å². The molecule has 0 aromatic rings. The van der Waals surface area contributed by atoms with E-state index in [1.807, 2.05) is 0 Å². The zero-order chi connectivity index (χ0) is 10.4. The molecule has 1 saturated carbocycles. The summed E-state index contributed by atoms with van der Waals surface area (Å²) >= 11 is 0. The van der Waals surface area contributed by atoms with Gasteiger partial charge in [0, 0.05) is 0 Å². The van der Waals surface area contributed by atoms with Crippen LogP contribution in [0.5, 0.6) is 0 Å². The predicted octanol–water partition coefficient (Wildman–Crippen LogP) is 0.452. The van der Waals surface area contributed by atoms with Crippen molar-refractivity contribution in [3.63, 3.8) is 0 Å². The molecule has 0 heterocycles. The molecule has 0 saturated heterocycles. The fraction of sp³-hybridized carbons (Fsp3) is 0.667. The number of hydrazone groups is 1. The lowest BCUT2D eigenvalue weighted by molar-refractivity contribution is -0.145. The molecule has 5 nitrogen and oxygen atoms in total. The van der Waals surface area contributed by atoms with E-state index in [2.05, 4.69) is 10.5 Å². The monoisotopic (exact) mass is 198 g/mol. The van der Waals surface area contributed by atoms with Crippen molar-refractivity contribution in [1.82, 2.24) is 5.43 Å². The molecule has 14 heavy (non-hydrogen) atoms. The van der Waals surface area contributed by atoms with E-state index in [0.717, 1.165) is 25.0 Å². The molecule has 0 radical (unpaired) electrons. The van der Waals surface area contributed by atoms with Gasteiger partial charge in [-0.3, -0.25) is 9.59 Å². The van der Waals surface area contributed by atoms with Crippen molar-refractivity contribution in [3.8, 4) is 0 Å². The van der Waals surface area contributed by atoms with Gasteiger partial charge in [-0.15, -0.1) is 0 Å². The van der Waals surface area contributed by atoms with Crippen molar-refractivity contribution >= 4 is 18.1 Å². The third-order valence-electron chi connectivity index (χ3n) is 2.16. The first-order chi connectivity index (χ1) is 6.79. The van der Waals surface area contributed by atoms with Gasteiger partial charge in [0.25, 0.3) is 0 Å². The van der Waals surface area contributed by atoms with Gasteiger partial charge in [0.1, 0.15) is 0 Å². The molecule has 5 heteroatoms. The van der Waals surface area contributed by atoms with Crippen molar-refractivity contribution < 1.29 is 14.3 Å². The summed E-state index contributed by atoms with van der Waals surface area (Å²) < 4.78 is 4.90. The SMILES string of the molecule is CCOC(=O)C1CCCC1=NNC=O. The van der Waals surface area contributed by atoms with Gasteiger partial charge >= 0.3 is 5.97 Å². The van der Waals surface area contributed by atoms with E-state index in [-0.39, 0.29) is 11.9 Å². The van der Waals surface area contributed by atoms with E-state index in [1.54, 1.807) is 6.92 Å². The van der Waals surface area contributed by atoms with Gasteiger partial charge < -0.3 is 4.74 Å². The van der Waals surface area contributed by atoms with Crippen LogP contribution in [0.4, 0.5) is 0 Å². The van der Waals surface area contributed by atoms with Gasteiger partial charge in [-0.2, -0.15) is 5.10 Å². The van der Waals surface area contributed by atoms with Crippen molar-refractivity contribution in [2.24, 2.45) is 11.0 Å². The summed E-state index contributed by atoms with van der Waals surface area (Å²) in [5.41, 5.74) is 2.93. The highest BCUT2D eigenvalue weighted by molar-refractivity contribution is 6.03. The van der Waals surface area contributed by atoms with Gasteiger partial charge in [0.15, 0.2) is 0 Å². The van der Waals surface area contributed by atoms with Crippen LogP contribution in [0.25, 0.3) is 0 Å². The Hall–Kier alpha value is -1.39. The van der Waals surface area contributed by atoms with E-state index >= 15 is 0 Å². The lowest BCUT2D eigenvalue weighted by Crippen LogP contribution is -2.23. The summed E-state index contributed by atoms with van der Waals surface area (Å²) in [7, 11) is 0. The average Bonchev–Trinajstić information content (AvgIpc) is 2.63. The minimum Gasteiger partial charge on any atom is -0.465 e. The number of hydrogen-bond acceptors (Lipinski definition) is 4. The Morgan fingerprint density at radius 2 is 2.57 bits per heavy atom. The average molecular weight is 198 g/mol. The first-order valence-corrected chi connectivity index (χ1v) is 4.71. The number of nitrogens with zero attached hydrogens (tertiary/aromatic N) is 1. The number of nitrogens with one attached hydrogen (secondary N) is 1. The van der Waals surface area contributed by atoms with E-state index in [0.29, 0.717) is 13.0 Å². The molecule has 1 unspecified atom stereocenters.